The molecule has 0 radical (unpaired) electrons. The summed E-state index contributed by atoms with van der Waals surface area (Å²) >= 11 is 8.66. The van der Waals surface area contributed by atoms with Gasteiger partial charge in [0.15, 0.2) is 0 Å². The maximum absolute atomic E-state index is 4.19. The lowest BCUT2D eigenvalue weighted by atomic mass is 10.0. The summed E-state index contributed by atoms with van der Waals surface area (Å²) in [6.07, 6.45) is 4.65. The lowest BCUT2D eigenvalue weighted by molar-refractivity contribution is 0.592. The number of hydrogen-bond acceptors (Lipinski definition) is 3. The van der Waals surface area contributed by atoms with Gasteiger partial charge in [-0.05, 0) is 74.0 Å². The van der Waals surface area contributed by atoms with E-state index < -0.39 is 0 Å². The number of aromatic nitrogens is 1. The lowest BCUT2D eigenvalue weighted by Crippen LogP contribution is -2.18. The van der Waals surface area contributed by atoms with Crippen LogP contribution in [0, 0.1) is 0 Å². The Morgan fingerprint density at radius 2 is 2.18 bits per heavy atom. The maximum Gasteiger partial charge on any atom is 0.0701 e. The second-order valence-electron chi connectivity index (χ2n) is 3.74. The Morgan fingerprint density at radius 1 is 1.35 bits per heavy atom. The molecule has 2 rings (SSSR count). The number of thiophene rings is 1. The fourth-order valence-electron chi connectivity index (χ4n) is 1.70. The van der Waals surface area contributed by atoms with Gasteiger partial charge in [0.2, 0.25) is 0 Å². The van der Waals surface area contributed by atoms with Crippen LogP contribution in [0.15, 0.2) is 38.2 Å². The minimum Gasteiger partial charge on any atom is -0.313 e. The van der Waals surface area contributed by atoms with Gasteiger partial charge in [-0.3, -0.25) is 4.98 Å². The van der Waals surface area contributed by atoms with Crippen molar-refractivity contribution in [3.8, 4) is 0 Å². The Hall–Kier alpha value is -0.230. The van der Waals surface area contributed by atoms with Crippen LogP contribution in [0.5, 0.6) is 0 Å². The average molecular weight is 376 g/mol. The summed E-state index contributed by atoms with van der Waals surface area (Å²) in [7, 11) is 1.99. The molecular weight excluding hydrogens is 364 g/mol. The molecule has 2 heterocycles. The number of nitrogens with zero attached hydrogens (tertiary/aromatic N) is 1. The number of rotatable bonds is 4. The summed E-state index contributed by atoms with van der Waals surface area (Å²) in [4.78, 5) is 4.19. The molecule has 2 aromatic rings. The Morgan fingerprint density at radius 3 is 2.76 bits per heavy atom. The molecule has 0 amide bonds. The van der Waals surface area contributed by atoms with Gasteiger partial charge < -0.3 is 5.32 Å². The van der Waals surface area contributed by atoms with Crippen LogP contribution in [0.1, 0.15) is 17.2 Å². The van der Waals surface area contributed by atoms with E-state index in [1.165, 1.54) is 14.9 Å². The predicted octanol–water partition coefficient (Wildman–Crippen LogP) is 4.17. The van der Waals surface area contributed by atoms with Crippen LogP contribution in [0.4, 0.5) is 0 Å². The highest BCUT2D eigenvalue weighted by molar-refractivity contribution is 9.11. The van der Waals surface area contributed by atoms with Crippen LogP contribution in [0.3, 0.4) is 0 Å². The summed E-state index contributed by atoms with van der Waals surface area (Å²) in [5.41, 5.74) is 2.53. The minimum atomic E-state index is 0.327. The van der Waals surface area contributed by atoms with Crippen molar-refractivity contribution >= 4 is 43.2 Å². The highest BCUT2D eigenvalue weighted by atomic mass is 79.9. The normalized spacial score (nSPS) is 12.6. The Kier molecular flexibility index (Phi) is 4.73. The van der Waals surface area contributed by atoms with Gasteiger partial charge in [0.05, 0.1) is 3.79 Å². The van der Waals surface area contributed by atoms with Gasteiger partial charge in [0.1, 0.15) is 0 Å². The third-order valence-electron chi connectivity index (χ3n) is 2.54. The molecule has 1 unspecified atom stereocenters. The summed E-state index contributed by atoms with van der Waals surface area (Å²) in [6.45, 7) is 0. The van der Waals surface area contributed by atoms with E-state index in [9.17, 15) is 0 Å². The molecule has 0 aliphatic heterocycles. The molecule has 0 fully saturated rings. The largest absolute Gasteiger partial charge is 0.313 e. The Balaban J connectivity index is 2.15. The van der Waals surface area contributed by atoms with Crippen molar-refractivity contribution in [3.05, 3.63) is 49.3 Å². The second kappa shape index (κ2) is 6.09. The predicted molar refractivity (Wildman–Crippen MR) is 79.5 cm³/mol. The quantitative estimate of drug-likeness (QED) is 0.867. The first-order chi connectivity index (χ1) is 8.19. The Labute approximate surface area is 122 Å². The number of pyridine rings is 1. The van der Waals surface area contributed by atoms with Gasteiger partial charge >= 0.3 is 0 Å². The lowest BCUT2D eigenvalue weighted by Gasteiger charge is -2.14. The van der Waals surface area contributed by atoms with E-state index in [2.05, 4.69) is 59.7 Å². The van der Waals surface area contributed by atoms with E-state index in [1.54, 1.807) is 17.5 Å². The maximum atomic E-state index is 4.19. The third kappa shape index (κ3) is 3.61. The smallest absolute Gasteiger partial charge is 0.0701 e. The summed E-state index contributed by atoms with van der Waals surface area (Å²) in [6, 6.07) is 4.60. The molecular formula is C12H12Br2N2S. The van der Waals surface area contributed by atoms with Gasteiger partial charge in [-0.1, -0.05) is 0 Å². The van der Waals surface area contributed by atoms with E-state index >= 15 is 0 Å². The number of nitrogens with one attached hydrogen (secondary N) is 1. The first kappa shape index (κ1) is 13.2. The molecule has 0 saturated carbocycles. The van der Waals surface area contributed by atoms with Gasteiger partial charge in [0, 0.05) is 22.9 Å². The zero-order chi connectivity index (χ0) is 12.3. The Bertz CT molecular complexity index is 499. The van der Waals surface area contributed by atoms with Gasteiger partial charge in [-0.25, -0.2) is 0 Å². The molecule has 0 aliphatic carbocycles. The molecule has 0 bridgehead atoms. The second-order valence-corrected chi connectivity index (χ2v) is 6.95. The molecule has 0 spiro atoms. The van der Waals surface area contributed by atoms with Crippen LogP contribution in [-0.4, -0.2) is 12.0 Å². The van der Waals surface area contributed by atoms with Gasteiger partial charge in [0.25, 0.3) is 0 Å². The molecule has 0 aromatic carbocycles. The fourth-order valence-corrected chi connectivity index (χ4v) is 3.34. The third-order valence-corrected chi connectivity index (χ3v) is 4.50. The van der Waals surface area contributed by atoms with Crippen molar-refractivity contribution in [1.82, 2.24) is 10.3 Å². The molecule has 5 heteroatoms. The fraction of sp³-hybridized carbons (Fsp3) is 0.250. The van der Waals surface area contributed by atoms with Gasteiger partial charge in [-0.2, -0.15) is 0 Å². The molecule has 0 saturated heterocycles. The van der Waals surface area contributed by atoms with Crippen LogP contribution in [0.25, 0.3) is 0 Å². The SMILES string of the molecule is CNC(Cc1cncc(Br)c1)c1csc(Br)c1. The van der Waals surface area contributed by atoms with Crippen molar-refractivity contribution in [2.24, 2.45) is 0 Å². The number of likely N-dealkylation sites (N-methyl/N-ethyl adjacent to an activating group) is 1. The number of hydrogen-bond donors (Lipinski definition) is 1. The average Bonchev–Trinajstić information content (AvgIpc) is 2.73. The van der Waals surface area contributed by atoms with Crippen molar-refractivity contribution in [2.45, 2.75) is 12.5 Å². The summed E-state index contributed by atoms with van der Waals surface area (Å²) in [5.74, 6) is 0. The minimum absolute atomic E-state index is 0.327. The molecule has 90 valence electrons. The standard InChI is InChI=1S/C12H12Br2N2S/c1-15-11(9-4-12(14)17-7-9)3-8-2-10(13)6-16-5-8/h2,4-7,11,15H,3H2,1H3. The van der Waals surface area contributed by atoms with E-state index in [1.807, 2.05) is 13.2 Å². The van der Waals surface area contributed by atoms with Crippen LogP contribution in [0.2, 0.25) is 0 Å². The van der Waals surface area contributed by atoms with Gasteiger partial charge in [-0.15, -0.1) is 11.3 Å². The molecule has 17 heavy (non-hydrogen) atoms. The van der Waals surface area contributed by atoms with Crippen LogP contribution < -0.4 is 5.32 Å². The highest BCUT2D eigenvalue weighted by Gasteiger charge is 2.12. The zero-order valence-electron chi connectivity index (χ0n) is 9.28. The molecule has 1 atom stereocenters. The van der Waals surface area contributed by atoms with Crippen molar-refractivity contribution in [1.29, 1.82) is 0 Å². The highest BCUT2D eigenvalue weighted by Crippen LogP contribution is 2.27. The first-order valence-corrected chi connectivity index (χ1v) is 7.66. The molecule has 2 nitrogen and oxygen atoms in total. The summed E-state index contributed by atoms with van der Waals surface area (Å²) in [5, 5.41) is 5.52. The van der Waals surface area contributed by atoms with Crippen LogP contribution in [-0.2, 0) is 6.42 Å². The number of halogens is 2. The molecule has 1 N–H and O–H groups in total. The summed E-state index contributed by atoms with van der Waals surface area (Å²) < 4.78 is 2.19. The van der Waals surface area contributed by atoms with Crippen molar-refractivity contribution in [3.63, 3.8) is 0 Å². The van der Waals surface area contributed by atoms with E-state index in [4.69, 9.17) is 0 Å². The van der Waals surface area contributed by atoms with E-state index in [0.29, 0.717) is 6.04 Å². The van der Waals surface area contributed by atoms with E-state index in [0.717, 1.165) is 10.9 Å². The first-order valence-electron chi connectivity index (χ1n) is 5.19. The molecule has 2 aromatic heterocycles. The van der Waals surface area contributed by atoms with Crippen molar-refractivity contribution in [2.75, 3.05) is 7.05 Å². The van der Waals surface area contributed by atoms with Crippen LogP contribution >= 0.6 is 43.2 Å². The zero-order valence-corrected chi connectivity index (χ0v) is 13.3. The van der Waals surface area contributed by atoms with E-state index in [-0.39, 0.29) is 0 Å². The monoisotopic (exact) mass is 374 g/mol. The topological polar surface area (TPSA) is 24.9 Å². The molecule has 0 aliphatic rings. The van der Waals surface area contributed by atoms with Crippen molar-refractivity contribution < 1.29 is 0 Å².